The van der Waals surface area contributed by atoms with Gasteiger partial charge in [0.15, 0.2) is 11.5 Å². The van der Waals surface area contributed by atoms with Gasteiger partial charge in [-0.2, -0.15) is 0 Å². The van der Waals surface area contributed by atoms with Crippen LogP contribution in [0.5, 0.6) is 11.5 Å². The van der Waals surface area contributed by atoms with Crippen LogP contribution >= 0.6 is 0 Å². The number of amides is 5. The maximum absolute atomic E-state index is 14.5. The second-order valence-corrected chi connectivity index (χ2v) is 17.2. The van der Waals surface area contributed by atoms with Gasteiger partial charge < -0.3 is 34.8 Å². The molecule has 5 atom stereocenters. The molecular formula is C48H68N6O7. The third-order valence-corrected chi connectivity index (χ3v) is 11.7. The van der Waals surface area contributed by atoms with Crippen molar-refractivity contribution in [3.63, 3.8) is 0 Å². The van der Waals surface area contributed by atoms with E-state index in [0.717, 1.165) is 16.7 Å². The van der Waals surface area contributed by atoms with Gasteiger partial charge in [-0.1, -0.05) is 108 Å². The Morgan fingerprint density at radius 3 is 1.75 bits per heavy atom. The monoisotopic (exact) mass is 841 g/mol. The first-order valence-corrected chi connectivity index (χ1v) is 21.4. The number of likely N-dealkylation sites (N-methyl/N-ethyl adjacent to an activating group) is 2. The highest BCUT2D eigenvalue weighted by molar-refractivity contribution is 5.96. The summed E-state index contributed by atoms with van der Waals surface area (Å²) in [5.41, 5.74) is 2.94. The van der Waals surface area contributed by atoms with Crippen LogP contribution in [0.4, 0.5) is 0 Å². The molecule has 1 fully saturated rings. The van der Waals surface area contributed by atoms with Crippen molar-refractivity contribution < 1.29 is 33.4 Å². The van der Waals surface area contributed by atoms with E-state index in [4.69, 9.17) is 9.47 Å². The predicted molar refractivity (Wildman–Crippen MR) is 237 cm³/mol. The summed E-state index contributed by atoms with van der Waals surface area (Å²) in [7, 11) is 6.27. The Morgan fingerprint density at radius 2 is 1.25 bits per heavy atom. The summed E-state index contributed by atoms with van der Waals surface area (Å²) in [5.74, 6) is -1.26. The summed E-state index contributed by atoms with van der Waals surface area (Å²) in [4.78, 5) is 77.4. The smallest absolute Gasteiger partial charge is 0.246 e. The minimum Gasteiger partial charge on any atom is -0.493 e. The second-order valence-electron chi connectivity index (χ2n) is 17.2. The summed E-state index contributed by atoms with van der Waals surface area (Å²) in [6.07, 6.45) is 1.03. The molecule has 3 aromatic carbocycles. The van der Waals surface area contributed by atoms with Gasteiger partial charge in [-0.15, -0.1) is 0 Å². The molecule has 3 aromatic rings. The molecule has 0 radical (unpaired) electrons. The van der Waals surface area contributed by atoms with Crippen molar-refractivity contribution in [2.45, 2.75) is 111 Å². The molecule has 332 valence electrons. The molecule has 0 bridgehead atoms. The Hall–Kier alpha value is -5.43. The Kier molecular flexibility index (Phi) is 17.7. The van der Waals surface area contributed by atoms with E-state index in [2.05, 4.69) is 15.5 Å². The molecule has 0 aliphatic carbocycles. The lowest BCUT2D eigenvalue weighted by atomic mass is 9.95. The first kappa shape index (κ1) is 48.2. The number of hydrogen-bond acceptors (Lipinski definition) is 8. The Morgan fingerprint density at radius 1 is 0.689 bits per heavy atom. The number of likely N-dealkylation sites (tertiary alicyclic amines) is 1. The number of rotatable bonds is 20. The normalized spacial score (nSPS) is 15.9. The fraction of sp³-hybridized carbons (Fsp3) is 0.521. The number of ether oxygens (including phenoxy) is 2. The molecule has 1 saturated heterocycles. The zero-order chi connectivity index (χ0) is 45.0. The molecule has 0 unspecified atom stereocenters. The molecule has 1 aliphatic heterocycles. The van der Waals surface area contributed by atoms with E-state index >= 15 is 0 Å². The zero-order valence-electron chi connectivity index (χ0n) is 38.0. The fourth-order valence-corrected chi connectivity index (χ4v) is 8.17. The zero-order valence-corrected chi connectivity index (χ0v) is 38.0. The summed E-state index contributed by atoms with van der Waals surface area (Å²) < 4.78 is 10.7. The van der Waals surface area contributed by atoms with Crippen molar-refractivity contribution in [3.8, 4) is 11.5 Å². The molecule has 1 aliphatic rings. The molecule has 61 heavy (non-hydrogen) atoms. The lowest BCUT2D eigenvalue weighted by Crippen LogP contribution is -2.61. The highest BCUT2D eigenvalue weighted by atomic mass is 16.5. The van der Waals surface area contributed by atoms with E-state index in [1.54, 1.807) is 52.3 Å². The van der Waals surface area contributed by atoms with Gasteiger partial charge in [-0.05, 0) is 66.3 Å². The SMILES string of the molecule is COc1ccc(CNC(=O)[C@H](C)N(C)C(=O)[C@@H]2CCCN2C(=O)[C@H](C(C)C)N(C)C(=O)[C@@H](NC(=O)[C@H](C(C)C)N(Cc2ccccc2)Cc2ccccc2)C(C)C)cc1OC. The molecule has 2 N–H and O–H groups in total. The van der Waals surface area contributed by atoms with Crippen molar-refractivity contribution in [1.82, 2.24) is 30.2 Å². The van der Waals surface area contributed by atoms with Crippen LogP contribution in [0.3, 0.4) is 0 Å². The fourth-order valence-electron chi connectivity index (χ4n) is 8.17. The van der Waals surface area contributed by atoms with E-state index in [9.17, 15) is 24.0 Å². The van der Waals surface area contributed by atoms with E-state index < -0.39 is 30.2 Å². The summed E-state index contributed by atoms with van der Waals surface area (Å²) >= 11 is 0. The number of carbonyl (C=O) groups excluding carboxylic acids is 5. The lowest BCUT2D eigenvalue weighted by Gasteiger charge is -2.39. The number of benzene rings is 3. The van der Waals surface area contributed by atoms with Gasteiger partial charge in [0.05, 0.1) is 20.3 Å². The minimum absolute atomic E-state index is 0.0905. The molecule has 0 aromatic heterocycles. The van der Waals surface area contributed by atoms with Crippen LogP contribution in [-0.4, -0.2) is 114 Å². The Labute approximate surface area is 363 Å². The minimum atomic E-state index is -0.913. The maximum atomic E-state index is 14.5. The summed E-state index contributed by atoms with van der Waals surface area (Å²) in [6, 6.07) is 21.4. The molecule has 0 spiro atoms. The van der Waals surface area contributed by atoms with Gasteiger partial charge in [-0.25, -0.2) is 0 Å². The van der Waals surface area contributed by atoms with Crippen molar-refractivity contribution in [3.05, 3.63) is 95.6 Å². The van der Waals surface area contributed by atoms with Crippen LogP contribution < -0.4 is 20.1 Å². The highest BCUT2D eigenvalue weighted by Crippen LogP contribution is 2.28. The standard InChI is InChI=1S/C48H68N6O7/c1-31(2)41(50-45(56)42(32(3)4)53(29-35-19-14-12-15-20-35)30-36-21-16-13-17-22-36)47(58)52(9)43(33(5)6)48(59)54-26-18-23-38(54)46(57)51(8)34(7)44(55)49-28-37-24-25-39(60-10)40(27-37)61-11/h12-17,19-22,24-25,27,31-34,38,41-43H,18,23,26,28-30H2,1-11H3,(H,49,55)(H,50,56)/t34-,38-,41-,42-,43-/m0/s1. The highest BCUT2D eigenvalue weighted by Gasteiger charge is 2.44. The van der Waals surface area contributed by atoms with Crippen molar-refractivity contribution in [2.24, 2.45) is 17.8 Å². The molecule has 13 heteroatoms. The van der Waals surface area contributed by atoms with Gasteiger partial charge in [0, 0.05) is 40.3 Å². The van der Waals surface area contributed by atoms with Crippen molar-refractivity contribution in [1.29, 1.82) is 0 Å². The first-order valence-electron chi connectivity index (χ1n) is 21.4. The van der Waals surface area contributed by atoms with E-state index in [0.29, 0.717) is 44.0 Å². The third-order valence-electron chi connectivity index (χ3n) is 11.7. The molecule has 0 saturated carbocycles. The molecule has 1 heterocycles. The van der Waals surface area contributed by atoms with Crippen LogP contribution in [0.25, 0.3) is 0 Å². The summed E-state index contributed by atoms with van der Waals surface area (Å²) in [5, 5.41) is 6.02. The van der Waals surface area contributed by atoms with Crippen LogP contribution in [0.2, 0.25) is 0 Å². The predicted octanol–water partition coefficient (Wildman–Crippen LogP) is 5.51. The maximum Gasteiger partial charge on any atom is 0.246 e. The third kappa shape index (κ3) is 12.3. The largest absolute Gasteiger partial charge is 0.493 e. The number of hydrogen-bond donors (Lipinski definition) is 2. The number of carbonyl (C=O) groups is 5. The Bertz CT molecular complexity index is 1880. The van der Waals surface area contributed by atoms with E-state index in [1.807, 2.05) is 108 Å². The van der Waals surface area contributed by atoms with Gasteiger partial charge >= 0.3 is 0 Å². The Balaban J connectivity index is 1.48. The van der Waals surface area contributed by atoms with E-state index in [1.165, 1.54) is 9.80 Å². The van der Waals surface area contributed by atoms with Gasteiger partial charge in [0.1, 0.15) is 24.2 Å². The van der Waals surface area contributed by atoms with Crippen LogP contribution in [0.15, 0.2) is 78.9 Å². The van der Waals surface area contributed by atoms with E-state index in [-0.39, 0.29) is 53.8 Å². The van der Waals surface area contributed by atoms with Crippen molar-refractivity contribution >= 4 is 29.5 Å². The van der Waals surface area contributed by atoms with Crippen molar-refractivity contribution in [2.75, 3.05) is 34.9 Å². The summed E-state index contributed by atoms with van der Waals surface area (Å²) in [6.45, 7) is 14.8. The van der Waals surface area contributed by atoms with Crippen LogP contribution in [0.1, 0.15) is 78.0 Å². The van der Waals surface area contributed by atoms with Crippen LogP contribution in [-0.2, 0) is 43.6 Å². The molecule has 13 nitrogen and oxygen atoms in total. The van der Waals surface area contributed by atoms with Gasteiger partial charge in [-0.3, -0.25) is 28.9 Å². The second kappa shape index (κ2) is 22.4. The average molecular weight is 841 g/mol. The van der Waals surface area contributed by atoms with Gasteiger partial charge in [0.2, 0.25) is 29.5 Å². The van der Waals surface area contributed by atoms with Gasteiger partial charge in [0.25, 0.3) is 0 Å². The number of methoxy groups -OCH3 is 2. The average Bonchev–Trinajstić information content (AvgIpc) is 3.74. The molecule has 5 amide bonds. The number of nitrogens with one attached hydrogen (secondary N) is 2. The quantitative estimate of drug-likeness (QED) is 0.152. The van der Waals surface area contributed by atoms with Crippen LogP contribution in [0, 0.1) is 17.8 Å². The topological polar surface area (TPSA) is 141 Å². The number of nitrogens with zero attached hydrogens (tertiary/aromatic N) is 4. The molecule has 4 rings (SSSR count). The lowest BCUT2D eigenvalue weighted by molar-refractivity contribution is -0.153. The molecular weight excluding hydrogens is 773 g/mol. The first-order chi connectivity index (χ1) is 29.0.